The van der Waals surface area contributed by atoms with E-state index in [1.807, 2.05) is 9.80 Å². The van der Waals surface area contributed by atoms with Gasteiger partial charge in [0.05, 0.1) is 20.3 Å². The predicted molar refractivity (Wildman–Crippen MR) is 96.0 cm³/mol. The van der Waals surface area contributed by atoms with Crippen LogP contribution in [0.2, 0.25) is 0 Å². The Labute approximate surface area is 154 Å². The molecular formula is C19H27N3O4. The number of likely N-dealkylation sites (tertiary alicyclic amines) is 1. The molecule has 0 spiro atoms. The third kappa shape index (κ3) is 4.52. The number of pyridine rings is 1. The quantitative estimate of drug-likeness (QED) is 0.796. The van der Waals surface area contributed by atoms with Crippen LogP contribution < -0.4 is 4.74 Å². The van der Waals surface area contributed by atoms with Crippen molar-refractivity contribution < 1.29 is 19.1 Å². The van der Waals surface area contributed by atoms with Gasteiger partial charge in [0.25, 0.3) is 5.91 Å². The van der Waals surface area contributed by atoms with Crippen molar-refractivity contribution in [3.63, 3.8) is 0 Å². The number of aromatic nitrogens is 1. The molecule has 7 nitrogen and oxygen atoms in total. The number of methoxy groups -OCH3 is 1. The zero-order valence-corrected chi connectivity index (χ0v) is 15.4. The molecule has 0 radical (unpaired) electrons. The maximum Gasteiger partial charge on any atom is 0.259 e. The van der Waals surface area contributed by atoms with Crippen LogP contribution in [0, 0.1) is 5.92 Å². The molecule has 2 aliphatic rings. The molecule has 2 aliphatic heterocycles. The highest BCUT2D eigenvalue weighted by atomic mass is 16.5. The fourth-order valence-electron chi connectivity index (χ4n) is 3.67. The van der Waals surface area contributed by atoms with Crippen LogP contribution in [0.4, 0.5) is 0 Å². The van der Waals surface area contributed by atoms with E-state index in [4.69, 9.17) is 9.47 Å². The van der Waals surface area contributed by atoms with Gasteiger partial charge in [-0.25, -0.2) is 4.98 Å². The molecule has 0 N–H and O–H groups in total. The van der Waals surface area contributed by atoms with Crippen LogP contribution in [0.15, 0.2) is 18.3 Å². The topological polar surface area (TPSA) is 72.0 Å². The Kier molecular flexibility index (Phi) is 6.44. The molecule has 3 heterocycles. The summed E-state index contributed by atoms with van der Waals surface area (Å²) < 4.78 is 10.5. The fourth-order valence-corrected chi connectivity index (χ4v) is 3.67. The lowest BCUT2D eigenvalue weighted by Crippen LogP contribution is -2.42. The predicted octanol–water partition coefficient (Wildman–Crippen LogP) is 1.58. The molecule has 1 aromatic heterocycles. The van der Waals surface area contributed by atoms with E-state index in [0.717, 1.165) is 25.8 Å². The smallest absolute Gasteiger partial charge is 0.259 e. The lowest BCUT2D eigenvalue weighted by Gasteiger charge is -2.33. The largest absolute Gasteiger partial charge is 0.480 e. The van der Waals surface area contributed by atoms with Gasteiger partial charge in [-0.15, -0.1) is 0 Å². The Morgan fingerprint density at radius 2 is 2.08 bits per heavy atom. The number of nitrogens with zero attached hydrogens (tertiary/aromatic N) is 3. The highest BCUT2D eigenvalue weighted by Crippen LogP contribution is 2.25. The van der Waals surface area contributed by atoms with Crippen molar-refractivity contribution in [1.82, 2.24) is 14.8 Å². The summed E-state index contributed by atoms with van der Waals surface area (Å²) >= 11 is 0. The highest BCUT2D eigenvalue weighted by Gasteiger charge is 2.27. The lowest BCUT2D eigenvalue weighted by atomic mass is 9.92. The van der Waals surface area contributed by atoms with Crippen molar-refractivity contribution in [2.24, 2.45) is 5.92 Å². The number of piperidine rings is 1. The summed E-state index contributed by atoms with van der Waals surface area (Å²) in [4.78, 5) is 33.0. The van der Waals surface area contributed by atoms with E-state index in [2.05, 4.69) is 4.98 Å². The molecule has 2 fully saturated rings. The van der Waals surface area contributed by atoms with E-state index in [1.54, 1.807) is 18.3 Å². The summed E-state index contributed by atoms with van der Waals surface area (Å²) in [5.41, 5.74) is 0.500. The number of carbonyl (C=O) groups is 2. The summed E-state index contributed by atoms with van der Waals surface area (Å²) in [6.07, 6.45) is 5.01. The van der Waals surface area contributed by atoms with Crippen molar-refractivity contribution in [1.29, 1.82) is 0 Å². The minimum absolute atomic E-state index is 0.0424. The summed E-state index contributed by atoms with van der Waals surface area (Å²) in [5, 5.41) is 0. The third-order valence-electron chi connectivity index (χ3n) is 5.13. The van der Waals surface area contributed by atoms with Gasteiger partial charge >= 0.3 is 0 Å². The molecule has 142 valence electrons. The minimum Gasteiger partial charge on any atom is -0.480 e. The number of rotatable bonds is 5. The van der Waals surface area contributed by atoms with Crippen LogP contribution in [0.3, 0.4) is 0 Å². The molecule has 0 aliphatic carbocycles. The average molecular weight is 361 g/mol. The van der Waals surface area contributed by atoms with Crippen LogP contribution in [0.1, 0.15) is 36.0 Å². The van der Waals surface area contributed by atoms with Gasteiger partial charge in [-0.1, -0.05) is 0 Å². The first kappa shape index (κ1) is 18.6. The fraction of sp³-hybridized carbons (Fsp3) is 0.632. The maximum atomic E-state index is 12.8. The monoisotopic (exact) mass is 361 g/mol. The molecule has 7 heteroatoms. The van der Waals surface area contributed by atoms with Gasteiger partial charge in [0.2, 0.25) is 11.8 Å². The molecule has 2 amide bonds. The Bertz CT molecular complexity index is 631. The summed E-state index contributed by atoms with van der Waals surface area (Å²) in [6.45, 7) is 4.07. The SMILES string of the molecule is COc1ncccc1C(=O)N1CCCC(CCC(=O)N2CCOCC2)C1. The molecule has 2 saturated heterocycles. The van der Waals surface area contributed by atoms with Crippen LogP contribution in [-0.2, 0) is 9.53 Å². The molecule has 0 bridgehead atoms. The first-order chi connectivity index (χ1) is 12.7. The van der Waals surface area contributed by atoms with Gasteiger partial charge in [-0.05, 0) is 37.3 Å². The van der Waals surface area contributed by atoms with Crippen molar-refractivity contribution in [3.8, 4) is 5.88 Å². The van der Waals surface area contributed by atoms with Crippen molar-refractivity contribution in [2.75, 3.05) is 46.5 Å². The second-order valence-corrected chi connectivity index (χ2v) is 6.85. The van der Waals surface area contributed by atoms with Crippen molar-refractivity contribution >= 4 is 11.8 Å². The number of amides is 2. The van der Waals surface area contributed by atoms with Crippen LogP contribution in [-0.4, -0.2) is 73.1 Å². The van der Waals surface area contributed by atoms with E-state index >= 15 is 0 Å². The zero-order chi connectivity index (χ0) is 18.4. The van der Waals surface area contributed by atoms with E-state index in [1.165, 1.54) is 7.11 Å². The van der Waals surface area contributed by atoms with E-state index in [-0.39, 0.29) is 11.8 Å². The molecule has 0 aromatic carbocycles. The van der Waals surface area contributed by atoms with Crippen LogP contribution in [0.25, 0.3) is 0 Å². The van der Waals surface area contributed by atoms with Crippen LogP contribution >= 0.6 is 0 Å². The Hall–Kier alpha value is -2.15. The second kappa shape index (κ2) is 8.98. The number of carbonyl (C=O) groups excluding carboxylic acids is 2. The Morgan fingerprint density at radius 1 is 1.27 bits per heavy atom. The summed E-state index contributed by atoms with van der Waals surface area (Å²) in [6, 6.07) is 3.50. The first-order valence-corrected chi connectivity index (χ1v) is 9.33. The summed E-state index contributed by atoms with van der Waals surface area (Å²) in [7, 11) is 1.52. The molecular weight excluding hydrogens is 334 g/mol. The van der Waals surface area contributed by atoms with E-state index < -0.39 is 0 Å². The average Bonchev–Trinajstić information content (AvgIpc) is 2.72. The molecule has 1 atom stereocenters. The standard InChI is InChI=1S/C19H27N3O4/c1-25-18-16(5-2-8-20-18)19(24)22-9-3-4-15(14-22)6-7-17(23)21-10-12-26-13-11-21/h2,5,8,15H,3-4,6-7,9-14H2,1H3. The van der Waals surface area contributed by atoms with E-state index in [0.29, 0.717) is 56.6 Å². The van der Waals surface area contributed by atoms with Gasteiger partial charge in [-0.2, -0.15) is 0 Å². The number of hydrogen-bond donors (Lipinski definition) is 0. The Balaban J connectivity index is 1.53. The molecule has 0 saturated carbocycles. The lowest BCUT2D eigenvalue weighted by molar-refractivity contribution is -0.135. The number of hydrogen-bond acceptors (Lipinski definition) is 5. The van der Waals surface area contributed by atoms with Crippen LogP contribution in [0.5, 0.6) is 5.88 Å². The minimum atomic E-state index is -0.0424. The van der Waals surface area contributed by atoms with Gasteiger partial charge < -0.3 is 19.3 Å². The first-order valence-electron chi connectivity index (χ1n) is 9.33. The number of morpholine rings is 1. The van der Waals surface area contributed by atoms with Gasteiger partial charge in [0.1, 0.15) is 5.56 Å². The van der Waals surface area contributed by atoms with Crippen molar-refractivity contribution in [3.05, 3.63) is 23.9 Å². The maximum absolute atomic E-state index is 12.8. The molecule has 1 aromatic rings. The Morgan fingerprint density at radius 3 is 2.85 bits per heavy atom. The normalized spacial score (nSPS) is 20.7. The molecule has 26 heavy (non-hydrogen) atoms. The molecule has 1 unspecified atom stereocenters. The van der Waals surface area contributed by atoms with Gasteiger partial charge in [-0.3, -0.25) is 9.59 Å². The third-order valence-corrected chi connectivity index (χ3v) is 5.13. The van der Waals surface area contributed by atoms with Gasteiger partial charge in [0, 0.05) is 38.8 Å². The highest BCUT2D eigenvalue weighted by molar-refractivity contribution is 5.96. The number of ether oxygens (including phenoxy) is 2. The summed E-state index contributed by atoms with van der Waals surface area (Å²) in [5.74, 6) is 0.882. The van der Waals surface area contributed by atoms with Crippen molar-refractivity contribution in [2.45, 2.75) is 25.7 Å². The second-order valence-electron chi connectivity index (χ2n) is 6.85. The van der Waals surface area contributed by atoms with Gasteiger partial charge in [0.15, 0.2) is 0 Å². The molecule has 3 rings (SSSR count). The zero-order valence-electron chi connectivity index (χ0n) is 15.4. The van der Waals surface area contributed by atoms with E-state index in [9.17, 15) is 9.59 Å².